The maximum Gasteiger partial charge on any atom is 0.321 e. The van der Waals surface area contributed by atoms with E-state index in [1.807, 2.05) is 0 Å². The Morgan fingerprint density at radius 3 is 2.42 bits per heavy atom. The molecule has 0 aliphatic heterocycles. The highest BCUT2D eigenvalue weighted by atomic mass is 32.2. The fraction of sp³-hybridized carbons (Fsp3) is 0.833. The third kappa shape index (κ3) is 2.18. The van der Waals surface area contributed by atoms with Crippen LogP contribution < -0.4 is 4.72 Å². The van der Waals surface area contributed by atoms with Gasteiger partial charge in [0, 0.05) is 0 Å². The Hall–Kier alpha value is -0.620. The van der Waals surface area contributed by atoms with Crippen molar-refractivity contribution in [3.8, 4) is 0 Å². The molecular weight excluding hydrogens is 182 g/mol. The molecule has 0 spiro atoms. The van der Waals surface area contributed by atoms with Gasteiger partial charge in [0.05, 0.1) is 5.25 Å². The molecule has 1 aliphatic carbocycles. The zero-order chi connectivity index (χ0) is 9.35. The van der Waals surface area contributed by atoms with Crippen LogP contribution in [0, 0.1) is 0 Å². The predicted octanol–water partition coefficient (Wildman–Crippen LogP) is -0.459. The van der Waals surface area contributed by atoms with Gasteiger partial charge in [0.1, 0.15) is 6.04 Å². The molecule has 0 bridgehead atoms. The molecule has 1 aliphatic rings. The Morgan fingerprint density at radius 2 is 2.08 bits per heavy atom. The van der Waals surface area contributed by atoms with E-state index >= 15 is 0 Å². The number of rotatable bonds is 4. The first-order chi connectivity index (χ1) is 5.43. The fourth-order valence-electron chi connectivity index (χ4n) is 0.771. The van der Waals surface area contributed by atoms with Gasteiger partial charge in [-0.2, -0.15) is 0 Å². The predicted molar refractivity (Wildman–Crippen MR) is 42.2 cm³/mol. The van der Waals surface area contributed by atoms with Crippen LogP contribution in [0.4, 0.5) is 0 Å². The van der Waals surface area contributed by atoms with Crippen molar-refractivity contribution < 1.29 is 18.3 Å². The van der Waals surface area contributed by atoms with Crippen LogP contribution in [0.1, 0.15) is 19.8 Å². The van der Waals surface area contributed by atoms with Crippen molar-refractivity contribution in [1.82, 2.24) is 4.72 Å². The van der Waals surface area contributed by atoms with E-state index in [1.165, 1.54) is 6.92 Å². The van der Waals surface area contributed by atoms with Crippen LogP contribution in [0.25, 0.3) is 0 Å². The van der Waals surface area contributed by atoms with E-state index in [9.17, 15) is 13.2 Å². The number of sulfonamides is 1. The molecule has 0 radical (unpaired) electrons. The van der Waals surface area contributed by atoms with Gasteiger partial charge < -0.3 is 5.11 Å². The molecule has 0 aromatic carbocycles. The van der Waals surface area contributed by atoms with E-state index in [1.54, 1.807) is 0 Å². The minimum atomic E-state index is -3.36. The van der Waals surface area contributed by atoms with E-state index in [-0.39, 0.29) is 5.25 Å². The van der Waals surface area contributed by atoms with Crippen molar-refractivity contribution in [2.75, 3.05) is 0 Å². The van der Waals surface area contributed by atoms with Gasteiger partial charge in [-0.25, -0.2) is 13.1 Å². The van der Waals surface area contributed by atoms with Crippen molar-refractivity contribution >= 4 is 16.0 Å². The molecular formula is C6H11NO4S. The molecule has 1 rings (SSSR count). The monoisotopic (exact) mass is 193 g/mol. The Labute approximate surface area is 70.8 Å². The van der Waals surface area contributed by atoms with Crippen LogP contribution in [0.15, 0.2) is 0 Å². The standard InChI is InChI=1S/C6H11NO4S/c1-4(6(8)9)7-12(10,11)5-2-3-5/h4-5,7H,2-3H2,1H3,(H,8,9)/t4-/m0/s1. The molecule has 6 heteroatoms. The normalized spacial score (nSPS) is 20.4. The van der Waals surface area contributed by atoms with E-state index < -0.39 is 22.0 Å². The van der Waals surface area contributed by atoms with Crippen LogP contribution in [0.3, 0.4) is 0 Å². The first kappa shape index (κ1) is 9.47. The number of carboxylic acids is 1. The highest BCUT2D eigenvalue weighted by Gasteiger charge is 2.37. The van der Waals surface area contributed by atoms with Gasteiger partial charge >= 0.3 is 5.97 Å². The molecule has 0 aromatic rings. The third-order valence-corrected chi connectivity index (χ3v) is 3.71. The lowest BCUT2D eigenvalue weighted by Gasteiger charge is -2.08. The van der Waals surface area contributed by atoms with Crippen LogP contribution in [0.2, 0.25) is 0 Å². The van der Waals surface area contributed by atoms with Gasteiger partial charge in [-0.3, -0.25) is 4.79 Å². The first-order valence-electron chi connectivity index (χ1n) is 3.67. The minimum absolute atomic E-state index is 0.362. The maximum absolute atomic E-state index is 11.1. The molecule has 5 nitrogen and oxygen atoms in total. The summed E-state index contributed by atoms with van der Waals surface area (Å²) < 4.78 is 24.4. The highest BCUT2D eigenvalue weighted by Crippen LogP contribution is 2.27. The summed E-state index contributed by atoms with van der Waals surface area (Å²) in [5, 5.41) is 8.06. The number of hydrogen-bond acceptors (Lipinski definition) is 3. The summed E-state index contributed by atoms with van der Waals surface area (Å²) >= 11 is 0. The first-order valence-corrected chi connectivity index (χ1v) is 5.22. The molecule has 0 aromatic heterocycles. The van der Waals surface area contributed by atoms with Crippen LogP contribution in [0.5, 0.6) is 0 Å². The van der Waals surface area contributed by atoms with Crippen molar-refractivity contribution in [2.24, 2.45) is 0 Å². The summed E-state index contributed by atoms with van der Waals surface area (Å²) in [7, 11) is -3.36. The Bertz CT molecular complexity index is 280. The molecule has 2 N–H and O–H groups in total. The number of aliphatic carboxylic acids is 1. The summed E-state index contributed by atoms with van der Waals surface area (Å²) in [5.74, 6) is -1.15. The third-order valence-electron chi connectivity index (χ3n) is 1.67. The molecule has 12 heavy (non-hydrogen) atoms. The fourth-order valence-corrected chi connectivity index (χ4v) is 2.31. The van der Waals surface area contributed by atoms with Crippen LogP contribution in [-0.4, -0.2) is 30.8 Å². The van der Waals surface area contributed by atoms with Gasteiger partial charge in [-0.1, -0.05) is 0 Å². The second-order valence-electron chi connectivity index (χ2n) is 2.92. The second kappa shape index (κ2) is 3.02. The SMILES string of the molecule is C[C@H](NS(=O)(=O)C1CC1)C(=O)O. The lowest BCUT2D eigenvalue weighted by Crippen LogP contribution is -2.40. The van der Waals surface area contributed by atoms with Gasteiger partial charge in [0.2, 0.25) is 10.0 Å². The highest BCUT2D eigenvalue weighted by molar-refractivity contribution is 7.90. The Kier molecular flexibility index (Phi) is 2.39. The zero-order valence-corrected chi connectivity index (χ0v) is 7.47. The number of hydrogen-bond donors (Lipinski definition) is 2. The molecule has 1 saturated carbocycles. The quantitative estimate of drug-likeness (QED) is 0.633. The zero-order valence-electron chi connectivity index (χ0n) is 6.65. The average Bonchev–Trinajstić information content (AvgIpc) is 2.65. The van der Waals surface area contributed by atoms with Crippen molar-refractivity contribution in [2.45, 2.75) is 31.1 Å². The number of nitrogens with one attached hydrogen (secondary N) is 1. The van der Waals surface area contributed by atoms with Gasteiger partial charge in [0.25, 0.3) is 0 Å². The number of carboxylic acid groups (broad SMARTS) is 1. The average molecular weight is 193 g/mol. The van der Waals surface area contributed by atoms with E-state index in [4.69, 9.17) is 5.11 Å². The molecule has 70 valence electrons. The summed E-state index contributed by atoms with van der Waals surface area (Å²) in [6.07, 6.45) is 1.28. The Balaban J connectivity index is 2.55. The molecule has 0 saturated heterocycles. The molecule has 1 atom stereocenters. The van der Waals surface area contributed by atoms with Crippen molar-refractivity contribution in [3.05, 3.63) is 0 Å². The van der Waals surface area contributed by atoms with E-state index in [0.29, 0.717) is 12.8 Å². The summed E-state index contributed by atoms with van der Waals surface area (Å²) in [4.78, 5) is 10.3. The van der Waals surface area contributed by atoms with Crippen LogP contribution in [-0.2, 0) is 14.8 Å². The van der Waals surface area contributed by atoms with Gasteiger partial charge in [-0.15, -0.1) is 0 Å². The summed E-state index contributed by atoms with van der Waals surface area (Å²) in [6, 6.07) is -1.03. The molecule has 0 amide bonds. The summed E-state index contributed by atoms with van der Waals surface area (Å²) in [5.41, 5.74) is 0. The lowest BCUT2D eigenvalue weighted by atomic mass is 10.4. The molecule has 0 unspecified atom stereocenters. The van der Waals surface area contributed by atoms with Gasteiger partial charge in [0.15, 0.2) is 0 Å². The Morgan fingerprint density at radius 1 is 1.58 bits per heavy atom. The largest absolute Gasteiger partial charge is 0.480 e. The number of carbonyl (C=O) groups is 1. The lowest BCUT2D eigenvalue weighted by molar-refractivity contribution is -0.138. The van der Waals surface area contributed by atoms with E-state index in [2.05, 4.69) is 4.72 Å². The van der Waals surface area contributed by atoms with Crippen molar-refractivity contribution in [1.29, 1.82) is 0 Å². The smallest absolute Gasteiger partial charge is 0.321 e. The molecule has 1 fully saturated rings. The molecule has 0 heterocycles. The van der Waals surface area contributed by atoms with Crippen molar-refractivity contribution in [3.63, 3.8) is 0 Å². The van der Waals surface area contributed by atoms with Crippen LogP contribution >= 0.6 is 0 Å². The van der Waals surface area contributed by atoms with Gasteiger partial charge in [-0.05, 0) is 19.8 Å². The summed E-state index contributed by atoms with van der Waals surface area (Å²) in [6.45, 7) is 1.31. The minimum Gasteiger partial charge on any atom is -0.480 e. The second-order valence-corrected chi connectivity index (χ2v) is 4.91. The topological polar surface area (TPSA) is 83.5 Å². The maximum atomic E-state index is 11.1. The van der Waals surface area contributed by atoms with E-state index in [0.717, 1.165) is 0 Å².